The number of benzene rings is 2. The molecule has 220 valence electrons. The van der Waals surface area contributed by atoms with Gasteiger partial charge in [-0.2, -0.15) is 10.5 Å². The SMILES string of the molecule is COC(=O)CN(C)c1nc(SCc2coc(-c3ccc(Cl)cc3)n2)c(C#N)c(-c2ccc(CC[C@@H](O)CO)cc2)c1C#N. The van der Waals surface area contributed by atoms with Gasteiger partial charge >= 0.3 is 5.97 Å². The molecule has 0 radical (unpaired) electrons. The smallest absolute Gasteiger partial charge is 0.325 e. The zero-order valence-electron chi connectivity index (χ0n) is 23.5. The monoisotopic (exact) mass is 617 g/mol. The molecule has 0 saturated carbocycles. The van der Waals surface area contributed by atoms with E-state index in [9.17, 15) is 20.4 Å². The second-order valence-corrected chi connectivity index (χ2v) is 10.9. The quantitative estimate of drug-likeness (QED) is 0.163. The van der Waals surface area contributed by atoms with Gasteiger partial charge in [-0.3, -0.25) is 4.79 Å². The number of carbonyl (C=O) groups is 1. The topological polar surface area (TPSA) is 156 Å². The number of carbonyl (C=O) groups excluding carboxylic acids is 1. The standard InChI is InChI=1S/C31H28ClN5O5S/c1-37(15-27(40)41-2)29-25(13-33)28(20-6-3-19(4-7-20)5-12-24(39)16-38)26(14-34)31(36-29)43-18-23-17-42-30(35-23)21-8-10-22(32)11-9-21/h3-4,6-11,17,24,38-39H,5,12,15-16,18H2,1-2H3/t24-/m1/s1. The van der Waals surface area contributed by atoms with Crippen LogP contribution >= 0.6 is 23.4 Å². The molecule has 4 aromatic rings. The third kappa shape index (κ3) is 7.72. The number of methoxy groups -OCH3 is 1. The number of aliphatic hydroxyl groups is 2. The number of halogens is 1. The summed E-state index contributed by atoms with van der Waals surface area (Å²) >= 11 is 7.24. The Morgan fingerprint density at radius 3 is 2.40 bits per heavy atom. The first kappa shape index (κ1) is 31.5. The van der Waals surface area contributed by atoms with Crippen LogP contribution in [0.3, 0.4) is 0 Å². The van der Waals surface area contributed by atoms with E-state index in [2.05, 4.69) is 22.1 Å². The lowest BCUT2D eigenvalue weighted by Gasteiger charge is -2.22. The molecule has 4 rings (SSSR count). The Morgan fingerprint density at radius 1 is 1.09 bits per heavy atom. The molecule has 0 bridgehead atoms. The number of aliphatic hydroxyl groups excluding tert-OH is 2. The molecule has 0 unspecified atom stereocenters. The first-order valence-corrected chi connectivity index (χ1v) is 14.5. The molecule has 0 fully saturated rings. The minimum absolute atomic E-state index is 0.141. The Labute approximate surface area is 258 Å². The van der Waals surface area contributed by atoms with E-state index in [-0.39, 0.29) is 30.1 Å². The molecular formula is C31H28ClN5O5S. The lowest BCUT2D eigenvalue weighted by atomic mass is 9.95. The van der Waals surface area contributed by atoms with Gasteiger partial charge < -0.3 is 24.3 Å². The lowest BCUT2D eigenvalue weighted by Crippen LogP contribution is -2.28. The van der Waals surface area contributed by atoms with Gasteiger partial charge in [0.1, 0.15) is 41.4 Å². The van der Waals surface area contributed by atoms with E-state index in [1.54, 1.807) is 43.4 Å². The van der Waals surface area contributed by atoms with Gasteiger partial charge in [-0.1, -0.05) is 47.6 Å². The number of anilines is 1. The van der Waals surface area contributed by atoms with Crippen LogP contribution in [0.25, 0.3) is 22.6 Å². The fraction of sp³-hybridized carbons (Fsp3) is 0.258. The van der Waals surface area contributed by atoms with Crippen molar-refractivity contribution in [3.63, 3.8) is 0 Å². The van der Waals surface area contributed by atoms with Gasteiger partial charge in [0.25, 0.3) is 0 Å². The number of ether oxygens (including phenoxy) is 1. The van der Waals surface area contributed by atoms with Crippen molar-refractivity contribution in [3.8, 4) is 34.7 Å². The van der Waals surface area contributed by atoms with Crippen LogP contribution in [0.15, 0.2) is 64.2 Å². The minimum Gasteiger partial charge on any atom is -0.468 e. The summed E-state index contributed by atoms with van der Waals surface area (Å²) in [6, 6.07) is 18.8. The molecule has 0 spiro atoms. The van der Waals surface area contributed by atoms with Crippen LogP contribution in [-0.2, 0) is 21.7 Å². The van der Waals surface area contributed by atoms with Crippen molar-refractivity contribution < 1.29 is 24.2 Å². The average Bonchev–Trinajstić information content (AvgIpc) is 3.51. The van der Waals surface area contributed by atoms with E-state index >= 15 is 0 Å². The van der Waals surface area contributed by atoms with E-state index < -0.39 is 12.1 Å². The zero-order valence-corrected chi connectivity index (χ0v) is 25.0. The molecule has 0 aliphatic rings. The highest BCUT2D eigenvalue weighted by Crippen LogP contribution is 2.38. The van der Waals surface area contributed by atoms with E-state index in [4.69, 9.17) is 25.9 Å². The zero-order chi connectivity index (χ0) is 30.9. The van der Waals surface area contributed by atoms with Crippen LogP contribution in [0, 0.1) is 22.7 Å². The third-order valence-corrected chi connectivity index (χ3v) is 7.80. The average molecular weight is 618 g/mol. The molecule has 0 aliphatic carbocycles. The van der Waals surface area contributed by atoms with Crippen LogP contribution in [0.4, 0.5) is 5.82 Å². The van der Waals surface area contributed by atoms with Gasteiger partial charge in [-0.25, -0.2) is 9.97 Å². The number of aryl methyl sites for hydroxylation is 1. The Morgan fingerprint density at radius 2 is 1.77 bits per heavy atom. The molecular weight excluding hydrogens is 590 g/mol. The molecule has 0 saturated heterocycles. The largest absolute Gasteiger partial charge is 0.468 e. The number of oxazole rings is 1. The first-order chi connectivity index (χ1) is 20.8. The molecule has 1 atom stereocenters. The molecule has 2 aromatic carbocycles. The van der Waals surface area contributed by atoms with Crippen molar-refractivity contribution in [2.45, 2.75) is 29.7 Å². The number of hydrogen-bond acceptors (Lipinski definition) is 11. The number of aromatic nitrogens is 2. The van der Waals surface area contributed by atoms with Gasteiger partial charge in [-0.05, 0) is 48.2 Å². The maximum absolute atomic E-state index is 12.1. The van der Waals surface area contributed by atoms with Crippen LogP contribution in [-0.4, -0.2) is 59.6 Å². The van der Waals surface area contributed by atoms with Crippen LogP contribution in [0.1, 0.15) is 28.8 Å². The Hall–Kier alpha value is -4.39. The molecule has 12 heteroatoms. The van der Waals surface area contributed by atoms with E-state index in [0.717, 1.165) is 11.1 Å². The summed E-state index contributed by atoms with van der Waals surface area (Å²) in [6.45, 7) is -0.473. The van der Waals surface area contributed by atoms with Gasteiger partial charge in [0.05, 0.1) is 31.1 Å². The second kappa shape index (κ2) is 14.7. The first-order valence-electron chi connectivity index (χ1n) is 13.1. The lowest BCUT2D eigenvalue weighted by molar-refractivity contribution is -0.138. The normalized spacial score (nSPS) is 11.4. The van der Waals surface area contributed by atoms with Crippen LogP contribution in [0.2, 0.25) is 5.02 Å². The number of esters is 1. The summed E-state index contributed by atoms with van der Waals surface area (Å²) in [5.41, 5.74) is 3.65. The molecule has 43 heavy (non-hydrogen) atoms. The predicted molar refractivity (Wildman–Crippen MR) is 162 cm³/mol. The van der Waals surface area contributed by atoms with Gasteiger partial charge in [0.15, 0.2) is 0 Å². The summed E-state index contributed by atoms with van der Waals surface area (Å²) in [5.74, 6) is 0.448. The Kier molecular flexibility index (Phi) is 10.8. The van der Waals surface area contributed by atoms with Crippen LogP contribution in [0.5, 0.6) is 0 Å². The summed E-state index contributed by atoms with van der Waals surface area (Å²) in [5, 5.41) is 40.3. The van der Waals surface area contributed by atoms with Gasteiger partial charge in [0.2, 0.25) is 5.89 Å². The van der Waals surface area contributed by atoms with Crippen molar-refractivity contribution in [1.82, 2.24) is 9.97 Å². The fourth-order valence-corrected chi connectivity index (χ4v) is 5.25. The van der Waals surface area contributed by atoms with E-state index in [1.807, 2.05) is 12.1 Å². The number of rotatable bonds is 12. The Balaban J connectivity index is 1.72. The van der Waals surface area contributed by atoms with Crippen molar-refractivity contribution in [2.24, 2.45) is 0 Å². The maximum atomic E-state index is 12.1. The number of hydrogen-bond donors (Lipinski definition) is 2. The van der Waals surface area contributed by atoms with Gasteiger partial charge in [-0.15, -0.1) is 0 Å². The van der Waals surface area contributed by atoms with Crippen molar-refractivity contribution in [1.29, 1.82) is 10.5 Å². The molecule has 10 nitrogen and oxygen atoms in total. The number of pyridine rings is 1. The highest BCUT2D eigenvalue weighted by atomic mass is 35.5. The Bertz CT molecular complexity index is 1660. The maximum Gasteiger partial charge on any atom is 0.325 e. The van der Waals surface area contributed by atoms with Crippen molar-refractivity contribution >= 4 is 35.1 Å². The third-order valence-electron chi connectivity index (χ3n) is 6.54. The summed E-state index contributed by atoms with van der Waals surface area (Å²) in [7, 11) is 2.90. The number of likely N-dealkylation sites (N-methyl/N-ethyl adjacent to an activating group) is 1. The summed E-state index contributed by atoms with van der Waals surface area (Å²) in [4.78, 5) is 22.8. The van der Waals surface area contributed by atoms with E-state index in [1.165, 1.54) is 30.0 Å². The highest BCUT2D eigenvalue weighted by Gasteiger charge is 2.25. The molecule has 2 N–H and O–H groups in total. The highest BCUT2D eigenvalue weighted by molar-refractivity contribution is 7.98. The van der Waals surface area contributed by atoms with E-state index in [0.29, 0.717) is 51.4 Å². The second-order valence-electron chi connectivity index (χ2n) is 9.53. The van der Waals surface area contributed by atoms with Crippen molar-refractivity contribution in [2.75, 3.05) is 32.2 Å². The molecule has 2 aromatic heterocycles. The van der Waals surface area contributed by atoms with Crippen molar-refractivity contribution in [3.05, 3.63) is 82.2 Å². The fourth-order valence-electron chi connectivity index (χ4n) is 4.27. The molecule has 0 amide bonds. The van der Waals surface area contributed by atoms with Crippen LogP contribution < -0.4 is 4.90 Å². The minimum atomic E-state index is -0.810. The summed E-state index contributed by atoms with van der Waals surface area (Å²) in [6.07, 6.45) is 1.65. The number of nitriles is 2. The molecule has 2 heterocycles. The number of thioether (sulfide) groups is 1. The molecule has 0 aliphatic heterocycles. The van der Waals surface area contributed by atoms with Gasteiger partial charge in [0, 0.05) is 29.0 Å². The predicted octanol–water partition coefficient (Wildman–Crippen LogP) is 4.99. The summed E-state index contributed by atoms with van der Waals surface area (Å²) < 4.78 is 10.5. The number of nitrogens with zero attached hydrogens (tertiary/aromatic N) is 5.